The Hall–Kier alpha value is -1.16. The predicted octanol–water partition coefficient (Wildman–Crippen LogP) is 1.25. The monoisotopic (exact) mass is 221 g/mol. The van der Waals surface area contributed by atoms with Crippen LogP contribution in [0.15, 0.2) is 6.20 Å². The van der Waals surface area contributed by atoms with Gasteiger partial charge in [-0.1, -0.05) is 0 Å². The summed E-state index contributed by atoms with van der Waals surface area (Å²) in [5, 5.41) is 3.41. The van der Waals surface area contributed by atoms with Gasteiger partial charge in [-0.25, -0.2) is 9.37 Å². The molecule has 3 rings (SSSR count). The number of nitrogens with zero attached hydrogens (tertiary/aromatic N) is 2. The van der Waals surface area contributed by atoms with Crippen molar-refractivity contribution >= 4 is 5.82 Å². The molecule has 3 heterocycles. The summed E-state index contributed by atoms with van der Waals surface area (Å²) in [6, 6.07) is 0.893. The maximum absolute atomic E-state index is 13.5. The van der Waals surface area contributed by atoms with Gasteiger partial charge in [0.05, 0.1) is 6.20 Å². The molecule has 1 N–H and O–H groups in total. The largest absolute Gasteiger partial charge is 0.348 e. The topological polar surface area (TPSA) is 28.2 Å². The van der Waals surface area contributed by atoms with Crippen molar-refractivity contribution in [1.29, 1.82) is 0 Å². The molecule has 2 atom stereocenters. The van der Waals surface area contributed by atoms with Gasteiger partial charge < -0.3 is 10.2 Å². The Bertz CT molecular complexity index is 433. The first-order valence-electron chi connectivity index (χ1n) is 5.81. The normalized spacial score (nSPS) is 27.8. The number of hydrogen-bond donors (Lipinski definition) is 1. The highest BCUT2D eigenvalue weighted by Crippen LogP contribution is 2.35. The van der Waals surface area contributed by atoms with Crippen molar-refractivity contribution < 1.29 is 4.39 Å². The molecule has 0 saturated carbocycles. The van der Waals surface area contributed by atoms with Gasteiger partial charge in [-0.3, -0.25) is 0 Å². The number of piperazine rings is 1. The molecule has 4 heteroatoms. The van der Waals surface area contributed by atoms with Crippen LogP contribution in [0.5, 0.6) is 0 Å². The van der Waals surface area contributed by atoms with Gasteiger partial charge in [0.2, 0.25) is 0 Å². The molecule has 1 aromatic heterocycles. The number of anilines is 1. The third-order valence-electron chi connectivity index (χ3n) is 3.75. The fourth-order valence-electron chi connectivity index (χ4n) is 2.87. The van der Waals surface area contributed by atoms with Crippen molar-refractivity contribution in [1.82, 2.24) is 10.3 Å². The van der Waals surface area contributed by atoms with E-state index in [-0.39, 0.29) is 5.82 Å². The number of pyridine rings is 1. The maximum atomic E-state index is 13.5. The predicted molar refractivity (Wildman–Crippen MR) is 61.2 cm³/mol. The van der Waals surface area contributed by atoms with E-state index in [1.165, 1.54) is 6.20 Å². The number of rotatable bonds is 0. The number of aromatic nitrogens is 1. The van der Waals surface area contributed by atoms with E-state index in [2.05, 4.69) is 22.1 Å². The summed E-state index contributed by atoms with van der Waals surface area (Å²) >= 11 is 0. The van der Waals surface area contributed by atoms with Gasteiger partial charge in [-0.2, -0.15) is 0 Å². The van der Waals surface area contributed by atoms with Crippen molar-refractivity contribution in [3.63, 3.8) is 0 Å². The number of fused-ring (bicyclic) bond motifs is 3. The quantitative estimate of drug-likeness (QED) is 0.714. The van der Waals surface area contributed by atoms with Gasteiger partial charge >= 0.3 is 0 Å². The van der Waals surface area contributed by atoms with Crippen LogP contribution in [0, 0.1) is 12.7 Å². The minimum Gasteiger partial charge on any atom is -0.348 e. The van der Waals surface area contributed by atoms with Gasteiger partial charge in [0.25, 0.3) is 0 Å². The molecule has 0 aromatic carbocycles. The lowest BCUT2D eigenvalue weighted by Crippen LogP contribution is -2.55. The van der Waals surface area contributed by atoms with Gasteiger partial charge in [0.1, 0.15) is 11.6 Å². The molecule has 1 fully saturated rings. The van der Waals surface area contributed by atoms with Crippen LogP contribution in [0.4, 0.5) is 10.2 Å². The number of halogens is 1. The van der Waals surface area contributed by atoms with E-state index in [0.717, 1.165) is 36.5 Å². The van der Waals surface area contributed by atoms with E-state index < -0.39 is 0 Å². The lowest BCUT2D eigenvalue weighted by atomic mass is 10.1. The van der Waals surface area contributed by atoms with Gasteiger partial charge in [0, 0.05) is 30.7 Å². The van der Waals surface area contributed by atoms with E-state index in [1.54, 1.807) is 0 Å². The zero-order valence-electron chi connectivity index (χ0n) is 9.63. The molecule has 1 aromatic rings. The Morgan fingerprint density at radius 3 is 3.12 bits per heavy atom. The fourth-order valence-corrected chi connectivity index (χ4v) is 2.87. The Morgan fingerprint density at radius 2 is 2.31 bits per heavy atom. The average Bonchev–Trinajstić information content (AvgIpc) is 2.64. The molecule has 86 valence electrons. The van der Waals surface area contributed by atoms with Gasteiger partial charge in [0.15, 0.2) is 0 Å². The van der Waals surface area contributed by atoms with E-state index in [1.807, 2.05) is 6.92 Å². The summed E-state index contributed by atoms with van der Waals surface area (Å²) in [6.45, 7) is 6.00. The smallest absolute Gasteiger partial charge is 0.144 e. The fraction of sp³-hybridized carbons (Fsp3) is 0.583. The standard InChI is InChI=1S/C12H16FN3/c1-7-4-14-5-9-3-10-8(2)11(13)6-15-12(10)16(7)9/h6-7,9,14H,3-5H2,1-2H3/t7-,9-/m1/s1. The lowest BCUT2D eigenvalue weighted by molar-refractivity contribution is 0.427. The Morgan fingerprint density at radius 1 is 1.50 bits per heavy atom. The zero-order valence-corrected chi connectivity index (χ0v) is 9.63. The molecule has 2 aliphatic heterocycles. The van der Waals surface area contributed by atoms with Crippen LogP contribution in [0.1, 0.15) is 18.1 Å². The van der Waals surface area contributed by atoms with Crippen LogP contribution < -0.4 is 10.2 Å². The maximum Gasteiger partial charge on any atom is 0.144 e. The van der Waals surface area contributed by atoms with Crippen LogP contribution in [-0.2, 0) is 6.42 Å². The van der Waals surface area contributed by atoms with Crippen LogP contribution in [0.2, 0.25) is 0 Å². The van der Waals surface area contributed by atoms with Crippen molar-refractivity contribution in [3.8, 4) is 0 Å². The number of hydrogen-bond acceptors (Lipinski definition) is 3. The van der Waals surface area contributed by atoms with E-state index in [0.29, 0.717) is 12.1 Å². The first kappa shape index (κ1) is 10.0. The van der Waals surface area contributed by atoms with Crippen LogP contribution in [0.25, 0.3) is 0 Å². The molecular formula is C12H16FN3. The lowest BCUT2D eigenvalue weighted by Gasteiger charge is -2.37. The van der Waals surface area contributed by atoms with E-state index in [9.17, 15) is 4.39 Å². The molecule has 0 bridgehead atoms. The summed E-state index contributed by atoms with van der Waals surface area (Å²) in [6.07, 6.45) is 2.27. The molecule has 0 amide bonds. The van der Waals surface area contributed by atoms with Gasteiger partial charge in [-0.15, -0.1) is 0 Å². The Labute approximate surface area is 94.7 Å². The van der Waals surface area contributed by atoms with E-state index in [4.69, 9.17) is 0 Å². The molecule has 2 aliphatic rings. The highest BCUT2D eigenvalue weighted by atomic mass is 19.1. The minimum absolute atomic E-state index is 0.181. The summed E-state index contributed by atoms with van der Waals surface area (Å²) in [7, 11) is 0. The SMILES string of the molecule is Cc1c(F)cnc2c1C[C@@H]1CNC[C@@H](C)N21. The van der Waals surface area contributed by atoms with Crippen molar-refractivity contribution in [2.24, 2.45) is 0 Å². The Balaban J connectivity index is 2.09. The number of nitrogens with one attached hydrogen (secondary N) is 1. The first-order valence-corrected chi connectivity index (χ1v) is 5.81. The van der Waals surface area contributed by atoms with Crippen molar-refractivity contribution in [2.75, 3.05) is 18.0 Å². The second-order valence-corrected chi connectivity index (χ2v) is 4.81. The molecule has 3 nitrogen and oxygen atoms in total. The van der Waals surface area contributed by atoms with Gasteiger partial charge in [-0.05, 0) is 25.8 Å². The van der Waals surface area contributed by atoms with Crippen LogP contribution >= 0.6 is 0 Å². The highest BCUT2D eigenvalue weighted by Gasteiger charge is 2.37. The minimum atomic E-state index is -0.181. The van der Waals surface area contributed by atoms with Crippen molar-refractivity contribution in [2.45, 2.75) is 32.4 Å². The molecule has 0 unspecified atom stereocenters. The first-order chi connectivity index (χ1) is 7.68. The third-order valence-corrected chi connectivity index (χ3v) is 3.75. The second kappa shape index (κ2) is 3.42. The summed E-state index contributed by atoms with van der Waals surface area (Å²) < 4.78 is 13.5. The molecule has 0 radical (unpaired) electrons. The third kappa shape index (κ3) is 1.26. The van der Waals surface area contributed by atoms with E-state index >= 15 is 0 Å². The Kier molecular flexibility index (Phi) is 2.14. The molecule has 16 heavy (non-hydrogen) atoms. The average molecular weight is 221 g/mol. The molecule has 0 aliphatic carbocycles. The molecule has 0 spiro atoms. The molecule has 1 saturated heterocycles. The van der Waals surface area contributed by atoms with Crippen molar-refractivity contribution in [3.05, 3.63) is 23.1 Å². The molecular weight excluding hydrogens is 205 g/mol. The summed E-state index contributed by atoms with van der Waals surface area (Å²) in [5.74, 6) is 0.817. The summed E-state index contributed by atoms with van der Waals surface area (Å²) in [4.78, 5) is 6.62. The van der Waals surface area contributed by atoms with Crippen LogP contribution in [0.3, 0.4) is 0 Å². The second-order valence-electron chi connectivity index (χ2n) is 4.81. The highest BCUT2D eigenvalue weighted by molar-refractivity contribution is 5.58. The summed E-state index contributed by atoms with van der Waals surface area (Å²) in [5.41, 5.74) is 1.87. The van der Waals surface area contributed by atoms with Crippen LogP contribution in [-0.4, -0.2) is 30.2 Å². The zero-order chi connectivity index (χ0) is 11.3.